The lowest BCUT2D eigenvalue weighted by Crippen LogP contribution is -2.37. The third-order valence-electron chi connectivity index (χ3n) is 4.35. The van der Waals surface area contributed by atoms with E-state index in [2.05, 4.69) is 41.2 Å². The van der Waals surface area contributed by atoms with Gasteiger partial charge in [-0.05, 0) is 30.2 Å². The summed E-state index contributed by atoms with van der Waals surface area (Å²) in [5, 5.41) is 2.20. The van der Waals surface area contributed by atoms with Crippen molar-refractivity contribution in [3.05, 3.63) is 22.4 Å². The SMILES string of the molecule is CC(C)CN1CC[C@@H]2[C@@H]1CCN2Cc1cccs1. The van der Waals surface area contributed by atoms with Crippen LogP contribution in [-0.2, 0) is 6.54 Å². The highest BCUT2D eigenvalue weighted by molar-refractivity contribution is 7.09. The highest BCUT2D eigenvalue weighted by Crippen LogP contribution is 2.33. The van der Waals surface area contributed by atoms with Crippen LogP contribution in [-0.4, -0.2) is 41.5 Å². The minimum atomic E-state index is 0.801. The Morgan fingerprint density at radius 1 is 1.22 bits per heavy atom. The van der Waals surface area contributed by atoms with Crippen LogP contribution in [0.15, 0.2) is 17.5 Å². The van der Waals surface area contributed by atoms with Gasteiger partial charge in [0, 0.05) is 43.1 Å². The number of nitrogens with zero attached hydrogens (tertiary/aromatic N) is 2. The van der Waals surface area contributed by atoms with Crippen molar-refractivity contribution in [3.63, 3.8) is 0 Å². The van der Waals surface area contributed by atoms with Crippen LogP contribution in [0, 0.1) is 5.92 Å². The fourth-order valence-corrected chi connectivity index (χ4v) is 4.39. The molecule has 0 aliphatic carbocycles. The monoisotopic (exact) mass is 264 g/mol. The van der Waals surface area contributed by atoms with E-state index in [1.54, 1.807) is 0 Å². The van der Waals surface area contributed by atoms with Gasteiger partial charge in [-0.3, -0.25) is 9.80 Å². The summed E-state index contributed by atoms with van der Waals surface area (Å²) in [5.41, 5.74) is 0. The first-order chi connectivity index (χ1) is 8.74. The number of hydrogen-bond acceptors (Lipinski definition) is 3. The number of fused-ring (bicyclic) bond motifs is 1. The summed E-state index contributed by atoms with van der Waals surface area (Å²) in [5.74, 6) is 0.801. The maximum atomic E-state index is 2.74. The second-order valence-corrected chi connectivity index (χ2v) is 7.18. The van der Waals surface area contributed by atoms with Gasteiger partial charge in [0.25, 0.3) is 0 Å². The van der Waals surface area contributed by atoms with Gasteiger partial charge in [0.05, 0.1) is 0 Å². The Bertz CT molecular complexity index is 374. The summed E-state index contributed by atoms with van der Waals surface area (Å²) in [6, 6.07) is 6.12. The van der Waals surface area contributed by atoms with Crippen molar-refractivity contribution < 1.29 is 0 Å². The first-order valence-electron chi connectivity index (χ1n) is 7.24. The summed E-state index contributed by atoms with van der Waals surface area (Å²) >= 11 is 1.90. The fraction of sp³-hybridized carbons (Fsp3) is 0.733. The molecule has 1 aromatic heterocycles. The van der Waals surface area contributed by atoms with E-state index >= 15 is 0 Å². The molecule has 0 radical (unpaired) electrons. The molecule has 2 saturated heterocycles. The molecule has 3 heteroatoms. The Morgan fingerprint density at radius 2 is 1.94 bits per heavy atom. The predicted molar refractivity (Wildman–Crippen MR) is 78.0 cm³/mol. The van der Waals surface area contributed by atoms with Gasteiger partial charge >= 0.3 is 0 Å². The maximum Gasteiger partial charge on any atom is 0.0331 e. The van der Waals surface area contributed by atoms with Crippen LogP contribution >= 0.6 is 11.3 Å². The minimum Gasteiger partial charge on any atom is -0.298 e. The standard InChI is InChI=1S/C15H24N2S/c1-12(2)10-16-7-5-15-14(16)6-8-17(15)11-13-4-3-9-18-13/h3-4,9,12,14-15H,5-8,10-11H2,1-2H3/t14-,15+/m0/s1. The van der Waals surface area contributed by atoms with Crippen molar-refractivity contribution in [2.75, 3.05) is 19.6 Å². The van der Waals surface area contributed by atoms with Gasteiger partial charge in [-0.25, -0.2) is 0 Å². The second-order valence-electron chi connectivity index (χ2n) is 6.15. The molecule has 0 saturated carbocycles. The van der Waals surface area contributed by atoms with E-state index in [1.807, 2.05) is 11.3 Å². The van der Waals surface area contributed by atoms with E-state index in [1.165, 1.54) is 43.9 Å². The largest absolute Gasteiger partial charge is 0.298 e. The van der Waals surface area contributed by atoms with Crippen LogP contribution < -0.4 is 0 Å². The van der Waals surface area contributed by atoms with Crippen LogP contribution in [0.3, 0.4) is 0 Å². The zero-order valence-corrected chi connectivity index (χ0v) is 12.3. The molecule has 2 nitrogen and oxygen atoms in total. The lowest BCUT2D eigenvalue weighted by atomic mass is 10.1. The Morgan fingerprint density at radius 3 is 2.61 bits per heavy atom. The average Bonchev–Trinajstić information content (AvgIpc) is 2.99. The molecule has 2 aliphatic heterocycles. The third kappa shape index (κ3) is 2.49. The Balaban J connectivity index is 1.61. The van der Waals surface area contributed by atoms with Gasteiger partial charge in [0.15, 0.2) is 0 Å². The zero-order valence-electron chi connectivity index (χ0n) is 11.5. The van der Waals surface area contributed by atoms with E-state index in [0.717, 1.165) is 18.0 Å². The molecular formula is C15H24N2S. The van der Waals surface area contributed by atoms with Gasteiger partial charge in [-0.1, -0.05) is 19.9 Å². The van der Waals surface area contributed by atoms with E-state index < -0.39 is 0 Å². The molecule has 3 rings (SSSR count). The van der Waals surface area contributed by atoms with Crippen LogP contribution in [0.25, 0.3) is 0 Å². The van der Waals surface area contributed by atoms with Crippen molar-refractivity contribution >= 4 is 11.3 Å². The Kier molecular flexibility index (Phi) is 3.73. The summed E-state index contributed by atoms with van der Waals surface area (Å²) in [4.78, 5) is 6.98. The zero-order chi connectivity index (χ0) is 12.5. The van der Waals surface area contributed by atoms with Crippen molar-refractivity contribution in [2.45, 2.75) is 45.3 Å². The Labute approximate surface area is 115 Å². The van der Waals surface area contributed by atoms with Gasteiger partial charge in [-0.2, -0.15) is 0 Å². The van der Waals surface area contributed by atoms with Gasteiger partial charge in [0.2, 0.25) is 0 Å². The predicted octanol–water partition coefficient (Wildman–Crippen LogP) is 3.05. The summed E-state index contributed by atoms with van der Waals surface area (Å²) < 4.78 is 0. The molecule has 3 heterocycles. The van der Waals surface area contributed by atoms with Crippen LogP contribution in [0.4, 0.5) is 0 Å². The maximum absolute atomic E-state index is 2.74. The summed E-state index contributed by atoms with van der Waals surface area (Å²) in [7, 11) is 0. The second kappa shape index (κ2) is 5.32. The highest BCUT2D eigenvalue weighted by atomic mass is 32.1. The number of thiophene rings is 1. The van der Waals surface area contributed by atoms with Crippen molar-refractivity contribution in [2.24, 2.45) is 5.92 Å². The molecule has 0 spiro atoms. The number of likely N-dealkylation sites (tertiary alicyclic amines) is 2. The van der Waals surface area contributed by atoms with E-state index in [4.69, 9.17) is 0 Å². The first kappa shape index (κ1) is 12.6. The van der Waals surface area contributed by atoms with Crippen molar-refractivity contribution in [1.82, 2.24) is 9.80 Å². The molecule has 1 aromatic rings. The molecule has 0 unspecified atom stereocenters. The normalized spacial score (nSPS) is 29.3. The van der Waals surface area contributed by atoms with Crippen LogP contribution in [0.1, 0.15) is 31.6 Å². The molecule has 0 N–H and O–H groups in total. The molecular weight excluding hydrogens is 240 g/mol. The first-order valence-corrected chi connectivity index (χ1v) is 8.12. The molecule has 0 aromatic carbocycles. The van der Waals surface area contributed by atoms with E-state index in [9.17, 15) is 0 Å². The lowest BCUT2D eigenvalue weighted by molar-refractivity contribution is 0.204. The van der Waals surface area contributed by atoms with Gasteiger partial charge in [-0.15, -0.1) is 11.3 Å². The fourth-order valence-electron chi connectivity index (χ4n) is 3.66. The van der Waals surface area contributed by atoms with E-state index in [-0.39, 0.29) is 0 Å². The topological polar surface area (TPSA) is 6.48 Å². The molecule has 2 aliphatic rings. The quantitative estimate of drug-likeness (QED) is 0.825. The van der Waals surface area contributed by atoms with Crippen molar-refractivity contribution in [3.8, 4) is 0 Å². The smallest absolute Gasteiger partial charge is 0.0331 e. The number of rotatable bonds is 4. The Hall–Kier alpha value is -0.380. The summed E-state index contributed by atoms with van der Waals surface area (Å²) in [6.45, 7) is 9.75. The molecule has 2 fully saturated rings. The number of hydrogen-bond donors (Lipinski definition) is 0. The van der Waals surface area contributed by atoms with Crippen LogP contribution in [0.2, 0.25) is 0 Å². The third-order valence-corrected chi connectivity index (χ3v) is 5.21. The molecule has 2 atom stereocenters. The molecule has 0 bridgehead atoms. The van der Waals surface area contributed by atoms with Gasteiger partial charge in [0.1, 0.15) is 0 Å². The lowest BCUT2D eigenvalue weighted by Gasteiger charge is -2.26. The van der Waals surface area contributed by atoms with E-state index in [0.29, 0.717) is 0 Å². The van der Waals surface area contributed by atoms with Crippen molar-refractivity contribution in [1.29, 1.82) is 0 Å². The minimum absolute atomic E-state index is 0.801. The van der Waals surface area contributed by atoms with Crippen LogP contribution in [0.5, 0.6) is 0 Å². The highest BCUT2D eigenvalue weighted by Gasteiger charge is 2.42. The molecule has 0 amide bonds. The molecule has 18 heavy (non-hydrogen) atoms. The molecule has 100 valence electrons. The summed E-state index contributed by atoms with van der Waals surface area (Å²) in [6.07, 6.45) is 2.76. The average molecular weight is 264 g/mol. The van der Waals surface area contributed by atoms with Gasteiger partial charge < -0.3 is 0 Å².